The van der Waals surface area contributed by atoms with Crippen molar-refractivity contribution in [3.63, 3.8) is 0 Å². The van der Waals surface area contributed by atoms with E-state index >= 15 is 8.78 Å². The van der Waals surface area contributed by atoms with Crippen LogP contribution in [-0.2, 0) is 17.1 Å². The summed E-state index contributed by atoms with van der Waals surface area (Å²) in [5.41, 5.74) is 2.54. The normalized spacial score (nSPS) is 14.5. The Balaban J connectivity index is 2.20. The highest BCUT2D eigenvalue weighted by Crippen LogP contribution is 2.52. The Morgan fingerprint density at radius 1 is 1.17 bits per heavy atom. The molecule has 0 unspecified atom stereocenters. The van der Waals surface area contributed by atoms with Crippen molar-refractivity contribution in [3.8, 4) is 11.1 Å². The molecule has 24 heavy (non-hydrogen) atoms. The number of halogens is 2. The predicted octanol–water partition coefficient (Wildman–Crippen LogP) is 5.10. The molecule has 0 radical (unpaired) electrons. The first-order valence-corrected chi connectivity index (χ1v) is 8.00. The van der Waals surface area contributed by atoms with Crippen molar-refractivity contribution in [1.29, 1.82) is 0 Å². The van der Waals surface area contributed by atoms with Gasteiger partial charge in [0.25, 0.3) is 5.92 Å². The molecule has 0 fully saturated rings. The Hall–Kier alpha value is -2.23. The Morgan fingerprint density at radius 3 is 2.50 bits per heavy atom. The minimum atomic E-state index is -3.05. The van der Waals surface area contributed by atoms with Crippen LogP contribution in [-0.4, -0.2) is 13.1 Å². The molecule has 0 saturated heterocycles. The van der Waals surface area contributed by atoms with E-state index in [9.17, 15) is 4.79 Å². The molecule has 1 aliphatic rings. The Kier molecular flexibility index (Phi) is 3.94. The third-order valence-electron chi connectivity index (χ3n) is 4.43. The summed E-state index contributed by atoms with van der Waals surface area (Å²) in [6, 6.07) is 8.22. The molecule has 4 heteroatoms. The largest absolute Gasteiger partial charge is 0.465 e. The smallest absolute Gasteiger partial charge is 0.337 e. The summed E-state index contributed by atoms with van der Waals surface area (Å²) in [5.74, 6) is -3.17. The number of benzene rings is 2. The van der Waals surface area contributed by atoms with Crippen LogP contribution < -0.4 is 0 Å². The van der Waals surface area contributed by atoms with Crippen LogP contribution in [0.15, 0.2) is 30.3 Å². The molecule has 126 valence electrons. The molecular formula is C20H20F2O2. The number of ether oxygens (including phenoxy) is 1. The molecule has 0 aliphatic heterocycles. The van der Waals surface area contributed by atoms with Gasteiger partial charge in [-0.15, -0.1) is 0 Å². The lowest BCUT2D eigenvalue weighted by Crippen LogP contribution is -2.14. The van der Waals surface area contributed by atoms with E-state index in [1.807, 2.05) is 6.07 Å². The number of hydrogen-bond donors (Lipinski definition) is 0. The molecule has 0 bridgehead atoms. The molecule has 1 aliphatic carbocycles. The number of methoxy groups -OCH3 is 1. The van der Waals surface area contributed by atoms with Crippen LogP contribution in [0.4, 0.5) is 8.78 Å². The zero-order chi connectivity index (χ0) is 17.6. The van der Waals surface area contributed by atoms with E-state index in [4.69, 9.17) is 4.74 Å². The van der Waals surface area contributed by atoms with Gasteiger partial charge in [0.05, 0.1) is 12.7 Å². The minimum Gasteiger partial charge on any atom is -0.465 e. The van der Waals surface area contributed by atoms with Crippen molar-refractivity contribution in [2.24, 2.45) is 5.92 Å². The summed E-state index contributed by atoms with van der Waals surface area (Å²) < 4.78 is 34.7. The summed E-state index contributed by atoms with van der Waals surface area (Å²) in [4.78, 5) is 11.8. The number of carbonyl (C=O) groups is 1. The molecule has 0 N–H and O–H groups in total. The number of carbonyl (C=O) groups excluding carboxylic acids is 1. The summed E-state index contributed by atoms with van der Waals surface area (Å²) >= 11 is 0. The zero-order valence-electron chi connectivity index (χ0n) is 14.2. The number of hydrogen-bond acceptors (Lipinski definition) is 2. The fourth-order valence-corrected chi connectivity index (χ4v) is 3.47. The van der Waals surface area contributed by atoms with E-state index in [0.29, 0.717) is 28.2 Å². The first-order valence-electron chi connectivity index (χ1n) is 8.00. The Morgan fingerprint density at radius 2 is 1.88 bits per heavy atom. The van der Waals surface area contributed by atoms with Crippen molar-refractivity contribution >= 4 is 5.97 Å². The number of fused-ring (bicyclic) bond motifs is 3. The van der Waals surface area contributed by atoms with E-state index in [0.717, 1.165) is 12.0 Å². The third-order valence-corrected chi connectivity index (χ3v) is 4.43. The first-order chi connectivity index (χ1) is 11.3. The van der Waals surface area contributed by atoms with E-state index in [1.54, 1.807) is 19.1 Å². The topological polar surface area (TPSA) is 26.3 Å². The lowest BCUT2D eigenvalue weighted by molar-refractivity contribution is 0.0470. The Labute approximate surface area is 140 Å². The number of rotatable bonds is 3. The van der Waals surface area contributed by atoms with Gasteiger partial charge in [0.1, 0.15) is 0 Å². The molecule has 0 saturated carbocycles. The lowest BCUT2D eigenvalue weighted by atomic mass is 9.97. The van der Waals surface area contributed by atoms with E-state index < -0.39 is 11.9 Å². The SMILES string of the molecule is COC(=O)c1cc(C)c2c(c1)-c1ccc(CC(C)C)cc1C2(F)F. The molecule has 3 rings (SSSR count). The van der Waals surface area contributed by atoms with E-state index in [1.165, 1.54) is 19.2 Å². The van der Waals surface area contributed by atoms with Gasteiger partial charge in [-0.05, 0) is 59.7 Å². The highest BCUT2D eigenvalue weighted by Gasteiger charge is 2.46. The van der Waals surface area contributed by atoms with Crippen molar-refractivity contribution in [3.05, 3.63) is 58.1 Å². The van der Waals surface area contributed by atoms with Gasteiger partial charge in [0.15, 0.2) is 0 Å². The molecule has 2 aromatic carbocycles. The van der Waals surface area contributed by atoms with Crippen molar-refractivity contribution in [2.75, 3.05) is 7.11 Å². The van der Waals surface area contributed by atoms with Gasteiger partial charge in [-0.2, -0.15) is 8.78 Å². The second kappa shape index (κ2) is 5.69. The maximum Gasteiger partial charge on any atom is 0.337 e. The third kappa shape index (κ3) is 2.50. The summed E-state index contributed by atoms with van der Waals surface area (Å²) in [5, 5.41) is 0. The number of esters is 1. The predicted molar refractivity (Wildman–Crippen MR) is 89.5 cm³/mol. The molecule has 0 amide bonds. The van der Waals surface area contributed by atoms with E-state index in [-0.39, 0.29) is 11.1 Å². The first kappa shape index (κ1) is 16.6. The molecule has 0 heterocycles. The van der Waals surface area contributed by atoms with Gasteiger partial charge in [0, 0.05) is 11.1 Å². The molecule has 0 spiro atoms. The standard InChI is InChI=1S/C20H20F2O2/c1-11(2)7-13-5-6-15-16-10-14(19(23)24-4)8-12(3)18(16)20(21,22)17(15)9-13/h5-6,8-11H,7H2,1-4H3. The zero-order valence-corrected chi connectivity index (χ0v) is 14.2. The fourth-order valence-electron chi connectivity index (χ4n) is 3.47. The average Bonchev–Trinajstić information content (AvgIpc) is 2.74. The highest BCUT2D eigenvalue weighted by molar-refractivity contribution is 5.93. The molecule has 2 aromatic rings. The maximum absolute atomic E-state index is 15.0. The van der Waals surface area contributed by atoms with Gasteiger partial charge in [0.2, 0.25) is 0 Å². The van der Waals surface area contributed by atoms with Crippen molar-refractivity contribution < 1.29 is 18.3 Å². The van der Waals surface area contributed by atoms with Crippen LogP contribution in [0, 0.1) is 12.8 Å². The lowest BCUT2D eigenvalue weighted by Gasteiger charge is -2.16. The van der Waals surface area contributed by atoms with Crippen molar-refractivity contribution in [2.45, 2.75) is 33.1 Å². The summed E-state index contributed by atoms with van der Waals surface area (Å²) in [6.45, 7) is 5.74. The minimum absolute atomic E-state index is 0.00755. The van der Waals surface area contributed by atoms with Crippen molar-refractivity contribution in [1.82, 2.24) is 0 Å². The Bertz CT molecular complexity index is 823. The summed E-state index contributed by atoms with van der Waals surface area (Å²) in [6.07, 6.45) is 0.756. The van der Waals surface area contributed by atoms with Gasteiger partial charge in [-0.25, -0.2) is 4.79 Å². The van der Waals surface area contributed by atoms with Crippen LogP contribution in [0.5, 0.6) is 0 Å². The van der Waals surface area contributed by atoms with Gasteiger partial charge >= 0.3 is 5.97 Å². The fraction of sp³-hybridized carbons (Fsp3) is 0.350. The van der Waals surface area contributed by atoms with Gasteiger partial charge < -0.3 is 4.74 Å². The van der Waals surface area contributed by atoms with Crippen LogP contribution in [0.3, 0.4) is 0 Å². The molecule has 2 nitrogen and oxygen atoms in total. The summed E-state index contributed by atoms with van der Waals surface area (Å²) in [7, 11) is 1.28. The van der Waals surface area contributed by atoms with E-state index in [2.05, 4.69) is 13.8 Å². The number of aryl methyl sites for hydroxylation is 1. The van der Waals surface area contributed by atoms with Gasteiger partial charge in [-0.1, -0.05) is 26.0 Å². The molecular weight excluding hydrogens is 310 g/mol. The highest BCUT2D eigenvalue weighted by atomic mass is 19.3. The monoisotopic (exact) mass is 330 g/mol. The van der Waals surface area contributed by atoms with Crippen LogP contribution in [0.1, 0.15) is 46.5 Å². The molecule has 0 aromatic heterocycles. The van der Waals surface area contributed by atoms with Crippen LogP contribution in [0.25, 0.3) is 11.1 Å². The second-order valence-corrected chi connectivity index (χ2v) is 6.76. The molecule has 0 atom stereocenters. The number of alkyl halides is 2. The van der Waals surface area contributed by atoms with Crippen LogP contribution >= 0.6 is 0 Å². The quantitative estimate of drug-likeness (QED) is 0.732. The van der Waals surface area contributed by atoms with Gasteiger partial charge in [-0.3, -0.25) is 0 Å². The maximum atomic E-state index is 15.0. The second-order valence-electron chi connectivity index (χ2n) is 6.76. The van der Waals surface area contributed by atoms with Crippen LogP contribution in [0.2, 0.25) is 0 Å². The average molecular weight is 330 g/mol.